The van der Waals surface area contributed by atoms with E-state index in [-0.39, 0.29) is 31.0 Å². The fourth-order valence-corrected chi connectivity index (χ4v) is 4.61. The maximum absolute atomic E-state index is 12.6. The summed E-state index contributed by atoms with van der Waals surface area (Å²) in [6.07, 6.45) is 7.76. The highest BCUT2D eigenvalue weighted by atomic mass is 32.2. The molecule has 150 valence electrons. The van der Waals surface area contributed by atoms with Crippen molar-refractivity contribution >= 4 is 21.6 Å². The number of sulfonamides is 1. The zero-order valence-corrected chi connectivity index (χ0v) is 16.6. The van der Waals surface area contributed by atoms with E-state index >= 15 is 0 Å². The van der Waals surface area contributed by atoms with Crippen LogP contribution in [-0.4, -0.2) is 39.5 Å². The van der Waals surface area contributed by atoms with Crippen molar-refractivity contribution in [3.8, 4) is 11.5 Å². The highest BCUT2D eigenvalue weighted by Gasteiger charge is 2.26. The van der Waals surface area contributed by atoms with Gasteiger partial charge in [-0.3, -0.25) is 9.10 Å². The molecular formula is C19H28N2O5S. The number of rotatable bonds is 6. The van der Waals surface area contributed by atoms with Gasteiger partial charge in [-0.1, -0.05) is 32.1 Å². The molecule has 1 fully saturated rings. The van der Waals surface area contributed by atoms with Crippen LogP contribution in [0.5, 0.6) is 11.5 Å². The van der Waals surface area contributed by atoms with Crippen LogP contribution in [0.2, 0.25) is 0 Å². The molecule has 1 aromatic rings. The minimum absolute atomic E-state index is 0.0852. The average Bonchev–Trinajstić information content (AvgIpc) is 3.09. The molecule has 1 aromatic carbocycles. The minimum atomic E-state index is -3.60. The second-order valence-electron chi connectivity index (χ2n) is 7.05. The van der Waals surface area contributed by atoms with E-state index in [0.717, 1.165) is 30.0 Å². The van der Waals surface area contributed by atoms with Gasteiger partial charge in [0.05, 0.1) is 11.4 Å². The molecule has 1 heterocycles. The van der Waals surface area contributed by atoms with Gasteiger partial charge in [0.2, 0.25) is 22.7 Å². The maximum Gasteiger partial charge on any atom is 0.240 e. The van der Waals surface area contributed by atoms with Gasteiger partial charge in [0.1, 0.15) is 6.54 Å². The zero-order chi connectivity index (χ0) is 19.3. The van der Waals surface area contributed by atoms with Crippen molar-refractivity contribution in [2.24, 2.45) is 0 Å². The summed E-state index contributed by atoms with van der Waals surface area (Å²) in [4.78, 5) is 12.6. The molecule has 2 aliphatic rings. The third kappa shape index (κ3) is 5.06. The summed E-state index contributed by atoms with van der Waals surface area (Å²) >= 11 is 0. The quantitative estimate of drug-likeness (QED) is 0.799. The monoisotopic (exact) mass is 396 g/mol. The Bertz CT molecular complexity index is 757. The summed E-state index contributed by atoms with van der Waals surface area (Å²) in [5, 5.41) is 3.03. The Morgan fingerprint density at radius 2 is 1.78 bits per heavy atom. The molecule has 0 spiro atoms. The second-order valence-corrected chi connectivity index (χ2v) is 9.24. The number of carbonyl (C=O) groups excluding carboxylic acids is 1. The molecule has 1 saturated carbocycles. The van der Waals surface area contributed by atoms with Crippen molar-refractivity contribution in [3.05, 3.63) is 18.2 Å². The number of fused-ring (bicyclic) bond motifs is 1. The van der Waals surface area contributed by atoms with Crippen molar-refractivity contribution in [1.82, 2.24) is 5.32 Å². The molecular weight excluding hydrogens is 368 g/mol. The van der Waals surface area contributed by atoms with Crippen molar-refractivity contribution in [3.63, 3.8) is 0 Å². The van der Waals surface area contributed by atoms with Gasteiger partial charge >= 0.3 is 0 Å². The molecule has 27 heavy (non-hydrogen) atoms. The number of hydrogen-bond donors (Lipinski definition) is 1. The topological polar surface area (TPSA) is 84.9 Å². The van der Waals surface area contributed by atoms with E-state index in [1.165, 1.54) is 19.3 Å². The van der Waals surface area contributed by atoms with E-state index in [0.29, 0.717) is 17.2 Å². The van der Waals surface area contributed by atoms with Gasteiger partial charge in [0, 0.05) is 12.1 Å². The number of ether oxygens (including phenoxy) is 2. The SMILES string of the molecule is CCS(=O)(=O)N(CC(=O)NC1CCCCCCC1)c1ccc2c(c1)OCO2. The van der Waals surface area contributed by atoms with Crippen molar-refractivity contribution in [2.45, 2.75) is 57.9 Å². The van der Waals surface area contributed by atoms with Crippen LogP contribution in [0, 0.1) is 0 Å². The summed E-state index contributed by atoms with van der Waals surface area (Å²) in [6.45, 7) is 1.45. The van der Waals surface area contributed by atoms with Crippen molar-refractivity contribution in [1.29, 1.82) is 0 Å². The Labute approximate surface area is 161 Å². The van der Waals surface area contributed by atoms with Gasteiger partial charge in [0.15, 0.2) is 11.5 Å². The Balaban J connectivity index is 1.73. The summed E-state index contributed by atoms with van der Waals surface area (Å²) in [7, 11) is -3.60. The third-order valence-electron chi connectivity index (χ3n) is 5.10. The van der Waals surface area contributed by atoms with Gasteiger partial charge in [-0.05, 0) is 31.9 Å². The van der Waals surface area contributed by atoms with Crippen LogP contribution in [-0.2, 0) is 14.8 Å². The Morgan fingerprint density at radius 3 is 2.48 bits per heavy atom. The standard InChI is InChI=1S/C19H28N2O5S/c1-2-27(23,24)21(16-10-11-17-18(12-16)26-14-25-17)13-19(22)20-15-8-6-4-3-5-7-9-15/h10-12,15H,2-9,13-14H2,1H3,(H,20,22). The van der Waals surface area contributed by atoms with Crippen LogP contribution in [0.3, 0.4) is 0 Å². The fourth-order valence-electron chi connectivity index (χ4n) is 3.55. The first kappa shape index (κ1) is 19.8. The summed E-state index contributed by atoms with van der Waals surface area (Å²) in [6, 6.07) is 5.05. The van der Waals surface area contributed by atoms with E-state index in [1.54, 1.807) is 25.1 Å². The highest BCUT2D eigenvalue weighted by molar-refractivity contribution is 7.92. The van der Waals surface area contributed by atoms with E-state index in [1.807, 2.05) is 0 Å². The predicted molar refractivity (Wildman–Crippen MR) is 104 cm³/mol. The van der Waals surface area contributed by atoms with Crippen molar-refractivity contribution < 1.29 is 22.7 Å². The number of nitrogens with one attached hydrogen (secondary N) is 1. The molecule has 0 atom stereocenters. The predicted octanol–water partition coefficient (Wildman–Crippen LogP) is 2.80. The maximum atomic E-state index is 12.6. The number of anilines is 1. The first-order valence-corrected chi connectivity index (χ1v) is 11.3. The minimum Gasteiger partial charge on any atom is -0.454 e. The van der Waals surface area contributed by atoms with Gasteiger partial charge < -0.3 is 14.8 Å². The van der Waals surface area contributed by atoms with Crippen LogP contribution in [0.25, 0.3) is 0 Å². The molecule has 0 saturated heterocycles. The van der Waals surface area contributed by atoms with Crippen molar-refractivity contribution in [2.75, 3.05) is 23.4 Å². The molecule has 1 aliphatic carbocycles. The lowest BCUT2D eigenvalue weighted by Crippen LogP contribution is -2.45. The lowest BCUT2D eigenvalue weighted by Gasteiger charge is -2.26. The number of carbonyl (C=O) groups is 1. The van der Waals surface area contributed by atoms with Gasteiger partial charge in [0.25, 0.3) is 0 Å². The van der Waals surface area contributed by atoms with Gasteiger partial charge in [-0.2, -0.15) is 0 Å². The van der Waals surface area contributed by atoms with Crippen LogP contribution in [0.4, 0.5) is 5.69 Å². The van der Waals surface area contributed by atoms with Crippen LogP contribution < -0.4 is 19.1 Å². The fraction of sp³-hybridized carbons (Fsp3) is 0.632. The molecule has 0 bridgehead atoms. The highest BCUT2D eigenvalue weighted by Crippen LogP contribution is 2.36. The molecule has 1 aliphatic heterocycles. The van der Waals surface area contributed by atoms with Crippen LogP contribution >= 0.6 is 0 Å². The normalized spacial score (nSPS) is 17.8. The smallest absolute Gasteiger partial charge is 0.240 e. The number of hydrogen-bond acceptors (Lipinski definition) is 5. The number of amides is 1. The molecule has 3 rings (SSSR count). The Hall–Kier alpha value is -1.96. The molecule has 0 radical (unpaired) electrons. The Morgan fingerprint density at radius 1 is 1.11 bits per heavy atom. The summed E-state index contributed by atoms with van der Waals surface area (Å²) in [5.74, 6) is 0.712. The molecule has 1 N–H and O–H groups in total. The van der Waals surface area contributed by atoms with Crippen LogP contribution in [0.15, 0.2) is 18.2 Å². The van der Waals surface area contributed by atoms with E-state index < -0.39 is 10.0 Å². The van der Waals surface area contributed by atoms with Gasteiger partial charge in [-0.25, -0.2) is 8.42 Å². The lowest BCUT2D eigenvalue weighted by molar-refractivity contribution is -0.120. The van der Waals surface area contributed by atoms with Gasteiger partial charge in [-0.15, -0.1) is 0 Å². The Kier molecular flexibility index (Phi) is 6.46. The van der Waals surface area contributed by atoms with E-state index in [9.17, 15) is 13.2 Å². The molecule has 8 heteroatoms. The van der Waals surface area contributed by atoms with Crippen LogP contribution in [0.1, 0.15) is 51.9 Å². The third-order valence-corrected chi connectivity index (χ3v) is 6.84. The van der Waals surface area contributed by atoms with E-state index in [2.05, 4.69) is 5.32 Å². The number of benzene rings is 1. The largest absolute Gasteiger partial charge is 0.454 e. The summed E-state index contributed by atoms with van der Waals surface area (Å²) in [5.41, 5.74) is 0.411. The molecule has 0 unspecified atom stereocenters. The lowest BCUT2D eigenvalue weighted by atomic mass is 9.97. The molecule has 0 aromatic heterocycles. The number of nitrogens with zero attached hydrogens (tertiary/aromatic N) is 1. The average molecular weight is 397 g/mol. The zero-order valence-electron chi connectivity index (χ0n) is 15.8. The first-order valence-electron chi connectivity index (χ1n) is 9.69. The molecule has 1 amide bonds. The van der Waals surface area contributed by atoms with E-state index in [4.69, 9.17) is 9.47 Å². The first-order chi connectivity index (χ1) is 13.0. The molecule has 7 nitrogen and oxygen atoms in total. The summed E-state index contributed by atoms with van der Waals surface area (Å²) < 4.78 is 37.0. The second kappa shape index (κ2) is 8.82.